The van der Waals surface area contributed by atoms with Crippen LogP contribution >= 0.6 is 0 Å². The van der Waals surface area contributed by atoms with E-state index >= 15 is 0 Å². The Morgan fingerprint density at radius 2 is 1.82 bits per heavy atom. The van der Waals surface area contributed by atoms with E-state index in [-0.39, 0.29) is 0 Å². The second-order valence-corrected chi connectivity index (χ2v) is 9.15. The number of aromatic amines is 1. The molecule has 2 aromatic heterocycles. The van der Waals surface area contributed by atoms with E-state index in [9.17, 15) is 0 Å². The molecule has 8 nitrogen and oxygen atoms in total. The van der Waals surface area contributed by atoms with Crippen molar-refractivity contribution in [3.8, 4) is 0 Å². The standard InChI is InChI=1S/C25H34N8/c1-4-18-14-21(26-3)8-7-20(18)16-32-9-11-33(12-10-32)25-27-17(2)13-23(29-25)28-24-15-22(30-31-24)19-5-6-19/h7-8,13-15,19,26H,4-6,9-12,16H2,1-3H3,(H2,27,28,29,30,31). The molecule has 2 fully saturated rings. The topological polar surface area (TPSA) is 85.0 Å². The lowest BCUT2D eigenvalue weighted by atomic mass is 10.0. The van der Waals surface area contributed by atoms with Crippen LogP contribution in [0.25, 0.3) is 0 Å². The Hall–Kier alpha value is -3.13. The van der Waals surface area contributed by atoms with Gasteiger partial charge in [0.2, 0.25) is 5.95 Å². The van der Waals surface area contributed by atoms with Crippen LogP contribution in [0, 0.1) is 6.92 Å². The second-order valence-electron chi connectivity index (χ2n) is 9.15. The lowest BCUT2D eigenvalue weighted by Gasteiger charge is -2.35. The van der Waals surface area contributed by atoms with Crippen molar-refractivity contribution in [2.75, 3.05) is 48.8 Å². The van der Waals surface area contributed by atoms with Gasteiger partial charge in [0.25, 0.3) is 0 Å². The maximum absolute atomic E-state index is 4.80. The average Bonchev–Trinajstić information content (AvgIpc) is 3.58. The van der Waals surface area contributed by atoms with Gasteiger partial charge in [0, 0.05) is 74.9 Å². The molecule has 1 saturated carbocycles. The molecule has 0 unspecified atom stereocenters. The lowest BCUT2D eigenvalue weighted by Crippen LogP contribution is -2.46. The summed E-state index contributed by atoms with van der Waals surface area (Å²) in [4.78, 5) is 14.3. The van der Waals surface area contributed by atoms with Crippen molar-refractivity contribution in [1.29, 1.82) is 0 Å². The summed E-state index contributed by atoms with van der Waals surface area (Å²) in [5, 5.41) is 14.1. The molecule has 3 N–H and O–H groups in total. The molecule has 5 rings (SSSR count). The minimum absolute atomic E-state index is 0.654. The van der Waals surface area contributed by atoms with Crippen LogP contribution in [0.2, 0.25) is 0 Å². The molecule has 174 valence electrons. The molecule has 3 heterocycles. The van der Waals surface area contributed by atoms with Crippen LogP contribution in [-0.2, 0) is 13.0 Å². The SMILES string of the molecule is CCc1cc(NC)ccc1CN1CCN(c2nc(C)cc(Nc3cc(C4CC4)[nH]n3)n2)CC1. The molecule has 1 aliphatic carbocycles. The number of H-pyrrole nitrogens is 1. The predicted molar refractivity (Wildman–Crippen MR) is 133 cm³/mol. The van der Waals surface area contributed by atoms with Crippen molar-refractivity contribution in [1.82, 2.24) is 25.1 Å². The summed E-state index contributed by atoms with van der Waals surface area (Å²) in [5.41, 5.74) is 6.20. The van der Waals surface area contributed by atoms with Crippen molar-refractivity contribution < 1.29 is 0 Å². The molecule has 0 spiro atoms. The number of rotatable bonds is 8. The molecular weight excluding hydrogens is 412 g/mol. The van der Waals surface area contributed by atoms with Gasteiger partial charge in [0.15, 0.2) is 5.82 Å². The molecule has 2 aliphatic rings. The maximum atomic E-state index is 4.80. The molecule has 1 saturated heterocycles. The summed E-state index contributed by atoms with van der Waals surface area (Å²) in [6.45, 7) is 9.09. The molecule has 33 heavy (non-hydrogen) atoms. The van der Waals surface area contributed by atoms with Crippen LogP contribution in [0.3, 0.4) is 0 Å². The Balaban J connectivity index is 1.21. The number of nitrogens with zero attached hydrogens (tertiary/aromatic N) is 5. The molecule has 1 aromatic carbocycles. The van der Waals surface area contributed by atoms with E-state index in [1.54, 1.807) is 0 Å². The van der Waals surface area contributed by atoms with Crippen LogP contribution in [0.5, 0.6) is 0 Å². The highest BCUT2D eigenvalue weighted by Gasteiger charge is 2.26. The Kier molecular flexibility index (Phi) is 6.17. The Labute approximate surface area is 195 Å². The third-order valence-electron chi connectivity index (χ3n) is 6.64. The highest BCUT2D eigenvalue weighted by atomic mass is 15.3. The van der Waals surface area contributed by atoms with Gasteiger partial charge in [-0.25, -0.2) is 4.98 Å². The van der Waals surface area contributed by atoms with Crippen molar-refractivity contribution in [3.63, 3.8) is 0 Å². The molecule has 3 aromatic rings. The van der Waals surface area contributed by atoms with E-state index in [0.717, 1.165) is 62.4 Å². The van der Waals surface area contributed by atoms with E-state index in [0.29, 0.717) is 5.92 Å². The predicted octanol–water partition coefficient (Wildman–Crippen LogP) is 4.06. The molecule has 0 atom stereocenters. The number of nitrogens with one attached hydrogen (secondary N) is 3. The number of hydrogen-bond acceptors (Lipinski definition) is 7. The normalized spacial score (nSPS) is 16.8. The van der Waals surface area contributed by atoms with Gasteiger partial charge >= 0.3 is 0 Å². The van der Waals surface area contributed by atoms with Crippen LogP contribution in [0.4, 0.5) is 23.3 Å². The summed E-state index contributed by atoms with van der Waals surface area (Å²) in [7, 11) is 1.97. The van der Waals surface area contributed by atoms with Gasteiger partial charge in [0.1, 0.15) is 5.82 Å². The van der Waals surface area contributed by atoms with E-state index in [1.807, 2.05) is 20.0 Å². The summed E-state index contributed by atoms with van der Waals surface area (Å²) in [5.74, 6) is 3.07. The molecule has 8 heteroatoms. The van der Waals surface area contributed by atoms with E-state index in [1.165, 1.54) is 35.3 Å². The van der Waals surface area contributed by atoms with Gasteiger partial charge in [-0.2, -0.15) is 10.1 Å². The first-order chi connectivity index (χ1) is 16.1. The minimum atomic E-state index is 0.654. The minimum Gasteiger partial charge on any atom is -0.388 e. The molecule has 1 aliphatic heterocycles. The second kappa shape index (κ2) is 9.39. The monoisotopic (exact) mass is 446 g/mol. The number of piperazine rings is 1. The fraction of sp³-hybridized carbons (Fsp3) is 0.480. The van der Waals surface area contributed by atoms with Crippen molar-refractivity contribution in [3.05, 3.63) is 52.8 Å². The Bertz CT molecular complexity index is 1100. The van der Waals surface area contributed by atoms with Gasteiger partial charge in [-0.3, -0.25) is 10.00 Å². The van der Waals surface area contributed by atoms with Crippen molar-refractivity contribution >= 4 is 23.3 Å². The number of aromatic nitrogens is 4. The first-order valence-electron chi connectivity index (χ1n) is 12.1. The van der Waals surface area contributed by atoms with Crippen molar-refractivity contribution in [2.24, 2.45) is 0 Å². The van der Waals surface area contributed by atoms with E-state index in [2.05, 4.69) is 61.8 Å². The first-order valence-corrected chi connectivity index (χ1v) is 12.1. The molecule has 0 radical (unpaired) electrons. The molecule has 0 bridgehead atoms. The quantitative estimate of drug-likeness (QED) is 0.481. The summed E-state index contributed by atoms with van der Waals surface area (Å²) in [6.07, 6.45) is 3.56. The fourth-order valence-corrected chi connectivity index (χ4v) is 4.51. The summed E-state index contributed by atoms with van der Waals surface area (Å²) >= 11 is 0. The van der Waals surface area contributed by atoms with Crippen LogP contribution in [-0.4, -0.2) is 58.3 Å². The van der Waals surface area contributed by atoms with Crippen LogP contribution in [0.15, 0.2) is 30.3 Å². The zero-order valence-corrected chi connectivity index (χ0v) is 19.9. The Morgan fingerprint density at radius 3 is 2.55 bits per heavy atom. The average molecular weight is 447 g/mol. The Morgan fingerprint density at radius 1 is 1.00 bits per heavy atom. The number of benzene rings is 1. The zero-order valence-electron chi connectivity index (χ0n) is 19.9. The largest absolute Gasteiger partial charge is 0.388 e. The van der Waals surface area contributed by atoms with Gasteiger partial charge in [0.05, 0.1) is 0 Å². The maximum Gasteiger partial charge on any atom is 0.227 e. The van der Waals surface area contributed by atoms with Gasteiger partial charge < -0.3 is 15.5 Å². The van der Waals surface area contributed by atoms with Gasteiger partial charge in [-0.15, -0.1) is 0 Å². The number of hydrogen-bond donors (Lipinski definition) is 3. The number of anilines is 4. The highest BCUT2D eigenvalue weighted by molar-refractivity contribution is 5.55. The number of aryl methyl sites for hydroxylation is 2. The van der Waals surface area contributed by atoms with Crippen molar-refractivity contribution in [2.45, 2.75) is 45.6 Å². The van der Waals surface area contributed by atoms with E-state index < -0.39 is 0 Å². The smallest absolute Gasteiger partial charge is 0.227 e. The summed E-state index contributed by atoms with van der Waals surface area (Å²) < 4.78 is 0. The first kappa shape index (κ1) is 21.7. The van der Waals surface area contributed by atoms with Gasteiger partial charge in [-0.05, 0) is 49.4 Å². The summed E-state index contributed by atoms with van der Waals surface area (Å²) in [6, 6.07) is 10.8. The molecular formula is C25H34N8. The van der Waals surface area contributed by atoms with E-state index in [4.69, 9.17) is 9.97 Å². The van der Waals surface area contributed by atoms with Gasteiger partial charge in [-0.1, -0.05) is 13.0 Å². The molecule has 0 amide bonds. The van der Waals surface area contributed by atoms with Crippen LogP contribution < -0.4 is 15.5 Å². The van der Waals surface area contributed by atoms with Crippen LogP contribution in [0.1, 0.15) is 48.2 Å². The lowest BCUT2D eigenvalue weighted by molar-refractivity contribution is 0.248. The fourth-order valence-electron chi connectivity index (χ4n) is 4.51. The highest BCUT2D eigenvalue weighted by Crippen LogP contribution is 2.39. The third kappa shape index (κ3) is 5.11. The zero-order chi connectivity index (χ0) is 22.8. The third-order valence-corrected chi connectivity index (χ3v) is 6.64.